The molecule has 2 heterocycles. The van der Waals surface area contributed by atoms with E-state index in [1.54, 1.807) is 29.6 Å². The predicted octanol–water partition coefficient (Wildman–Crippen LogP) is 1.79. The molecule has 0 amide bonds. The van der Waals surface area contributed by atoms with E-state index in [1.165, 1.54) is 27.7 Å². The van der Waals surface area contributed by atoms with Crippen LogP contribution in [-0.4, -0.2) is 12.4 Å². The molecule has 0 saturated carbocycles. The van der Waals surface area contributed by atoms with Crippen LogP contribution in [0.4, 0.5) is 0 Å². The molecule has 0 unspecified atom stereocenters. The maximum Gasteiger partial charge on any atom is 0.277 e. The lowest BCUT2D eigenvalue weighted by Gasteiger charge is -2.00. The Kier molecular flexibility index (Phi) is 1.97. The molecular formula is C8H7NO2S2. The average molecular weight is 213 g/mol. The van der Waals surface area contributed by atoms with Crippen molar-refractivity contribution < 1.29 is 8.42 Å². The lowest BCUT2D eigenvalue weighted by molar-refractivity contribution is 0.589. The normalized spacial score (nSPS) is 11.7. The number of hydrogen-bond donors (Lipinski definition) is 0. The van der Waals surface area contributed by atoms with Crippen LogP contribution in [0.15, 0.2) is 46.2 Å². The van der Waals surface area contributed by atoms with Crippen molar-refractivity contribution in [3.63, 3.8) is 0 Å². The van der Waals surface area contributed by atoms with Gasteiger partial charge in [-0.2, -0.15) is 8.42 Å². The van der Waals surface area contributed by atoms with Gasteiger partial charge >= 0.3 is 0 Å². The monoisotopic (exact) mass is 213 g/mol. The van der Waals surface area contributed by atoms with E-state index in [0.29, 0.717) is 4.21 Å². The van der Waals surface area contributed by atoms with Crippen LogP contribution in [0.3, 0.4) is 0 Å². The summed E-state index contributed by atoms with van der Waals surface area (Å²) >= 11 is 1.22. The molecule has 0 fully saturated rings. The number of thiophene rings is 1. The van der Waals surface area contributed by atoms with E-state index in [9.17, 15) is 8.42 Å². The first kappa shape index (κ1) is 8.52. The fraction of sp³-hybridized carbons (Fsp3) is 0. The highest BCUT2D eigenvalue weighted by Crippen LogP contribution is 2.18. The molecule has 5 heteroatoms. The molecule has 0 aliphatic rings. The Bertz CT molecular complexity index is 428. The second-order valence-corrected chi connectivity index (χ2v) is 5.47. The summed E-state index contributed by atoms with van der Waals surface area (Å²) in [5.41, 5.74) is 0. The van der Waals surface area contributed by atoms with Gasteiger partial charge in [0.25, 0.3) is 10.0 Å². The summed E-state index contributed by atoms with van der Waals surface area (Å²) in [6, 6.07) is 6.69. The second-order valence-electron chi connectivity index (χ2n) is 2.45. The first-order valence-corrected chi connectivity index (χ1v) is 5.95. The van der Waals surface area contributed by atoms with Crippen molar-refractivity contribution in [2.24, 2.45) is 0 Å². The van der Waals surface area contributed by atoms with Crippen molar-refractivity contribution in [2.75, 3.05) is 0 Å². The Hall–Kier alpha value is -1.07. The number of rotatable bonds is 2. The van der Waals surface area contributed by atoms with Crippen molar-refractivity contribution in [1.82, 2.24) is 3.97 Å². The molecule has 0 aliphatic carbocycles. The number of aromatic nitrogens is 1. The fourth-order valence-corrected chi connectivity index (χ4v) is 3.27. The van der Waals surface area contributed by atoms with E-state index in [4.69, 9.17) is 0 Å². The summed E-state index contributed by atoms with van der Waals surface area (Å²) in [5.74, 6) is 0. The molecule has 0 spiro atoms. The van der Waals surface area contributed by atoms with Crippen LogP contribution >= 0.6 is 11.3 Å². The van der Waals surface area contributed by atoms with Crippen LogP contribution in [0, 0.1) is 0 Å². The van der Waals surface area contributed by atoms with E-state index in [-0.39, 0.29) is 0 Å². The van der Waals surface area contributed by atoms with E-state index in [0.717, 1.165) is 0 Å². The van der Waals surface area contributed by atoms with Crippen LogP contribution < -0.4 is 0 Å². The van der Waals surface area contributed by atoms with Gasteiger partial charge in [0.05, 0.1) is 0 Å². The zero-order valence-corrected chi connectivity index (χ0v) is 8.25. The Morgan fingerprint density at radius 3 is 2.38 bits per heavy atom. The third kappa shape index (κ3) is 1.40. The first-order chi connectivity index (χ1) is 6.21. The van der Waals surface area contributed by atoms with Crippen LogP contribution in [0.5, 0.6) is 0 Å². The Labute approximate surface area is 80.3 Å². The molecule has 13 heavy (non-hydrogen) atoms. The largest absolute Gasteiger partial charge is 0.277 e. The zero-order valence-electron chi connectivity index (χ0n) is 6.62. The first-order valence-electron chi connectivity index (χ1n) is 3.63. The van der Waals surface area contributed by atoms with Gasteiger partial charge in [-0.1, -0.05) is 6.07 Å². The molecule has 0 saturated heterocycles. The molecule has 0 atom stereocenters. The lowest BCUT2D eigenvalue weighted by atomic mass is 10.7. The van der Waals surface area contributed by atoms with Gasteiger partial charge in [-0.3, -0.25) is 0 Å². The van der Waals surface area contributed by atoms with Gasteiger partial charge in [0.2, 0.25) is 0 Å². The third-order valence-corrected chi connectivity index (χ3v) is 4.63. The molecule has 0 radical (unpaired) electrons. The van der Waals surface area contributed by atoms with Crippen molar-refractivity contribution in [3.05, 3.63) is 42.0 Å². The summed E-state index contributed by atoms with van der Waals surface area (Å²) in [6.45, 7) is 0. The molecule has 0 aromatic carbocycles. The molecule has 2 aromatic rings. The number of nitrogens with zero attached hydrogens (tertiary/aromatic N) is 1. The van der Waals surface area contributed by atoms with E-state index >= 15 is 0 Å². The Morgan fingerprint density at radius 1 is 1.15 bits per heavy atom. The minimum absolute atomic E-state index is 0.365. The smallest absolute Gasteiger partial charge is 0.248 e. The van der Waals surface area contributed by atoms with Crippen LogP contribution in [-0.2, 0) is 10.0 Å². The van der Waals surface area contributed by atoms with Gasteiger partial charge in [0, 0.05) is 12.4 Å². The molecule has 2 aromatic heterocycles. The van der Waals surface area contributed by atoms with Crippen molar-refractivity contribution in [1.29, 1.82) is 0 Å². The topological polar surface area (TPSA) is 39.1 Å². The van der Waals surface area contributed by atoms with E-state index in [1.807, 2.05) is 0 Å². The van der Waals surface area contributed by atoms with E-state index < -0.39 is 10.0 Å². The summed E-state index contributed by atoms with van der Waals surface area (Å²) in [4.78, 5) is 0. The highest BCUT2D eigenvalue weighted by Gasteiger charge is 2.15. The molecule has 0 N–H and O–H groups in total. The summed E-state index contributed by atoms with van der Waals surface area (Å²) in [5, 5.41) is 1.75. The van der Waals surface area contributed by atoms with Gasteiger partial charge in [-0.15, -0.1) is 11.3 Å². The molecule has 0 aliphatic heterocycles. The van der Waals surface area contributed by atoms with Gasteiger partial charge < -0.3 is 0 Å². The molecule has 68 valence electrons. The van der Waals surface area contributed by atoms with Gasteiger partial charge in [0.1, 0.15) is 4.21 Å². The van der Waals surface area contributed by atoms with Gasteiger partial charge in [0.15, 0.2) is 0 Å². The third-order valence-electron chi connectivity index (χ3n) is 1.60. The maximum atomic E-state index is 11.7. The highest BCUT2D eigenvalue weighted by atomic mass is 32.2. The maximum absolute atomic E-state index is 11.7. The Balaban J connectivity index is 2.56. The average Bonchev–Trinajstić information content (AvgIpc) is 2.78. The highest BCUT2D eigenvalue weighted by molar-refractivity contribution is 7.92. The van der Waals surface area contributed by atoms with E-state index in [2.05, 4.69) is 0 Å². The standard InChI is InChI=1S/C8H7NO2S2/c10-13(11,8-4-3-7-12-8)9-5-1-2-6-9/h1-7H. The summed E-state index contributed by atoms with van der Waals surface area (Å²) in [6.07, 6.45) is 3.05. The van der Waals surface area contributed by atoms with Crippen LogP contribution in [0.2, 0.25) is 0 Å². The summed E-state index contributed by atoms with van der Waals surface area (Å²) in [7, 11) is -3.32. The zero-order chi connectivity index (χ0) is 9.31. The van der Waals surface area contributed by atoms with Crippen molar-refractivity contribution >= 4 is 21.4 Å². The molecule has 2 rings (SSSR count). The number of hydrogen-bond acceptors (Lipinski definition) is 3. The van der Waals surface area contributed by atoms with Gasteiger partial charge in [-0.25, -0.2) is 3.97 Å². The van der Waals surface area contributed by atoms with Crippen molar-refractivity contribution in [3.8, 4) is 0 Å². The Morgan fingerprint density at radius 2 is 1.85 bits per heavy atom. The molecule has 0 bridgehead atoms. The minimum Gasteiger partial charge on any atom is -0.248 e. The SMILES string of the molecule is O=S(=O)(c1cccs1)n1cccc1. The molecule has 3 nitrogen and oxygen atoms in total. The van der Waals surface area contributed by atoms with Crippen molar-refractivity contribution in [2.45, 2.75) is 4.21 Å². The van der Waals surface area contributed by atoms with Crippen LogP contribution in [0.25, 0.3) is 0 Å². The minimum atomic E-state index is -3.32. The fourth-order valence-electron chi connectivity index (χ4n) is 0.993. The van der Waals surface area contributed by atoms with Crippen LogP contribution in [0.1, 0.15) is 0 Å². The second kappa shape index (κ2) is 3.01. The quantitative estimate of drug-likeness (QED) is 0.763. The summed E-state index contributed by atoms with van der Waals surface area (Å²) < 4.78 is 25.0. The van der Waals surface area contributed by atoms with Gasteiger partial charge in [-0.05, 0) is 23.6 Å². The lowest BCUT2D eigenvalue weighted by Crippen LogP contribution is -2.08. The predicted molar refractivity (Wildman–Crippen MR) is 51.3 cm³/mol. The molecular weight excluding hydrogens is 206 g/mol.